The molecule has 1 N–H and O–H groups in total. The van der Waals surface area contributed by atoms with Crippen molar-refractivity contribution in [3.8, 4) is 0 Å². The van der Waals surface area contributed by atoms with E-state index in [4.69, 9.17) is 0 Å². The van der Waals surface area contributed by atoms with Crippen molar-refractivity contribution in [1.29, 1.82) is 0 Å². The molecule has 0 aromatic carbocycles. The highest BCUT2D eigenvalue weighted by atomic mass is 32.1. The molecule has 3 nitrogen and oxygen atoms in total. The van der Waals surface area contributed by atoms with Gasteiger partial charge in [0.1, 0.15) is 0 Å². The summed E-state index contributed by atoms with van der Waals surface area (Å²) < 4.78 is 0. The normalized spacial score (nSPS) is 35.2. The average molecular weight is 238 g/mol. The van der Waals surface area contributed by atoms with Gasteiger partial charge in [-0.1, -0.05) is 6.42 Å². The molecule has 1 aromatic rings. The summed E-state index contributed by atoms with van der Waals surface area (Å²) in [7, 11) is 0. The second-order valence-corrected chi connectivity index (χ2v) is 6.07. The molecule has 2 fully saturated rings. The number of thiazole rings is 1. The number of piperidine rings is 1. The standard InChI is InChI=1S/C12H18N2OS/c15-12-9-2-1-3-10(12)6-14(5-9)7-11-4-13-8-16-11/h4,8-10,12,15H,1-3,5-7H2. The summed E-state index contributed by atoms with van der Waals surface area (Å²) in [6.07, 6.45) is 5.64. The largest absolute Gasteiger partial charge is 0.392 e. The van der Waals surface area contributed by atoms with E-state index in [9.17, 15) is 5.11 Å². The van der Waals surface area contributed by atoms with Crippen LogP contribution < -0.4 is 0 Å². The van der Waals surface area contributed by atoms with E-state index in [1.54, 1.807) is 11.3 Å². The van der Waals surface area contributed by atoms with Crippen LogP contribution in [0.25, 0.3) is 0 Å². The third-order valence-corrected chi connectivity index (χ3v) is 4.73. The molecule has 3 rings (SSSR count). The SMILES string of the molecule is OC1C2CCCC1CN(Cc1cncs1)C2. The van der Waals surface area contributed by atoms with Crippen LogP contribution in [0.4, 0.5) is 0 Å². The lowest BCUT2D eigenvalue weighted by atomic mass is 9.75. The molecular formula is C12H18N2OS. The predicted molar refractivity (Wildman–Crippen MR) is 64.2 cm³/mol. The Morgan fingerprint density at radius 1 is 1.38 bits per heavy atom. The third kappa shape index (κ3) is 2.01. The lowest BCUT2D eigenvalue weighted by molar-refractivity contribution is -0.0514. The Labute approximate surface area is 100 Å². The summed E-state index contributed by atoms with van der Waals surface area (Å²) in [6, 6.07) is 0. The maximum Gasteiger partial charge on any atom is 0.0794 e. The van der Waals surface area contributed by atoms with Crippen LogP contribution in [0.5, 0.6) is 0 Å². The van der Waals surface area contributed by atoms with Gasteiger partial charge < -0.3 is 5.11 Å². The molecule has 88 valence electrons. The summed E-state index contributed by atoms with van der Waals surface area (Å²) >= 11 is 1.73. The van der Waals surface area contributed by atoms with E-state index in [0.29, 0.717) is 11.8 Å². The number of hydrogen-bond donors (Lipinski definition) is 1. The summed E-state index contributed by atoms with van der Waals surface area (Å²) in [4.78, 5) is 7.95. The van der Waals surface area contributed by atoms with Crippen LogP contribution in [-0.2, 0) is 6.54 Å². The van der Waals surface area contributed by atoms with Gasteiger partial charge in [0, 0.05) is 30.7 Å². The Morgan fingerprint density at radius 3 is 2.75 bits per heavy atom. The Kier molecular flexibility index (Phi) is 2.96. The molecule has 1 aromatic heterocycles. The first kappa shape index (κ1) is 10.7. The first-order chi connectivity index (χ1) is 7.83. The van der Waals surface area contributed by atoms with Crippen LogP contribution in [0.1, 0.15) is 24.1 Å². The van der Waals surface area contributed by atoms with Crippen molar-refractivity contribution in [3.05, 3.63) is 16.6 Å². The molecule has 0 radical (unpaired) electrons. The van der Waals surface area contributed by atoms with Gasteiger partial charge in [-0.25, -0.2) is 0 Å². The van der Waals surface area contributed by atoms with Crippen molar-refractivity contribution >= 4 is 11.3 Å². The summed E-state index contributed by atoms with van der Waals surface area (Å²) in [6.45, 7) is 3.15. The lowest BCUT2D eigenvalue weighted by Crippen LogP contribution is -2.50. The van der Waals surface area contributed by atoms with Crippen LogP contribution in [0.2, 0.25) is 0 Å². The summed E-state index contributed by atoms with van der Waals surface area (Å²) in [5.41, 5.74) is 1.90. The zero-order valence-electron chi connectivity index (χ0n) is 9.38. The van der Waals surface area contributed by atoms with Gasteiger partial charge in [-0.3, -0.25) is 9.88 Å². The van der Waals surface area contributed by atoms with Crippen LogP contribution in [-0.4, -0.2) is 34.2 Å². The maximum atomic E-state index is 10.1. The van der Waals surface area contributed by atoms with Crippen molar-refractivity contribution in [1.82, 2.24) is 9.88 Å². The van der Waals surface area contributed by atoms with E-state index in [1.165, 1.54) is 24.1 Å². The van der Waals surface area contributed by atoms with Crippen LogP contribution in [0, 0.1) is 11.8 Å². The number of fused-ring (bicyclic) bond motifs is 2. The molecule has 2 aliphatic rings. The number of aliphatic hydroxyl groups excluding tert-OH is 1. The smallest absolute Gasteiger partial charge is 0.0794 e. The zero-order valence-corrected chi connectivity index (χ0v) is 10.2. The van der Waals surface area contributed by atoms with Gasteiger partial charge in [-0.05, 0) is 24.7 Å². The van der Waals surface area contributed by atoms with Crippen molar-refractivity contribution < 1.29 is 5.11 Å². The molecule has 1 aliphatic heterocycles. The molecule has 0 spiro atoms. The van der Waals surface area contributed by atoms with E-state index >= 15 is 0 Å². The van der Waals surface area contributed by atoms with E-state index in [1.807, 2.05) is 11.7 Å². The minimum atomic E-state index is -0.0357. The fraction of sp³-hybridized carbons (Fsp3) is 0.750. The van der Waals surface area contributed by atoms with Crippen LogP contribution >= 0.6 is 11.3 Å². The fourth-order valence-electron chi connectivity index (χ4n) is 3.17. The van der Waals surface area contributed by atoms with Gasteiger partial charge in [-0.15, -0.1) is 11.3 Å². The van der Waals surface area contributed by atoms with Gasteiger partial charge >= 0.3 is 0 Å². The van der Waals surface area contributed by atoms with Crippen molar-refractivity contribution in [2.24, 2.45) is 11.8 Å². The number of rotatable bonds is 2. The molecular weight excluding hydrogens is 220 g/mol. The molecule has 16 heavy (non-hydrogen) atoms. The Balaban J connectivity index is 1.66. The summed E-state index contributed by atoms with van der Waals surface area (Å²) in [5, 5.41) is 10.1. The molecule has 1 saturated carbocycles. The van der Waals surface area contributed by atoms with E-state index in [-0.39, 0.29) is 6.10 Å². The number of aromatic nitrogens is 1. The highest BCUT2D eigenvalue weighted by Crippen LogP contribution is 2.35. The van der Waals surface area contributed by atoms with E-state index < -0.39 is 0 Å². The van der Waals surface area contributed by atoms with Crippen molar-refractivity contribution in [3.63, 3.8) is 0 Å². The lowest BCUT2D eigenvalue weighted by Gasteiger charge is -2.44. The van der Waals surface area contributed by atoms with Gasteiger partial charge in [0.05, 0.1) is 11.6 Å². The highest BCUT2D eigenvalue weighted by Gasteiger charge is 2.38. The topological polar surface area (TPSA) is 36.4 Å². The Hall–Kier alpha value is -0.450. The molecule has 0 amide bonds. The van der Waals surface area contributed by atoms with Crippen molar-refractivity contribution in [2.45, 2.75) is 31.9 Å². The molecule has 2 atom stereocenters. The monoisotopic (exact) mass is 238 g/mol. The number of nitrogens with zero attached hydrogens (tertiary/aromatic N) is 2. The van der Waals surface area contributed by atoms with E-state index in [0.717, 1.165) is 19.6 Å². The fourth-order valence-corrected chi connectivity index (χ4v) is 3.81. The number of likely N-dealkylation sites (tertiary alicyclic amines) is 1. The minimum absolute atomic E-state index is 0.0357. The average Bonchev–Trinajstić information content (AvgIpc) is 2.72. The van der Waals surface area contributed by atoms with Gasteiger partial charge in [0.2, 0.25) is 0 Å². The molecule has 1 saturated heterocycles. The molecule has 2 unspecified atom stereocenters. The molecule has 2 heterocycles. The highest BCUT2D eigenvalue weighted by molar-refractivity contribution is 7.09. The molecule has 2 bridgehead atoms. The Bertz CT molecular complexity index is 327. The van der Waals surface area contributed by atoms with Crippen LogP contribution in [0.3, 0.4) is 0 Å². The van der Waals surface area contributed by atoms with Crippen LogP contribution in [0.15, 0.2) is 11.7 Å². The number of hydrogen-bond acceptors (Lipinski definition) is 4. The Morgan fingerprint density at radius 2 is 2.12 bits per heavy atom. The minimum Gasteiger partial charge on any atom is -0.392 e. The maximum absolute atomic E-state index is 10.1. The second-order valence-electron chi connectivity index (χ2n) is 5.10. The second kappa shape index (κ2) is 4.43. The number of aliphatic hydroxyl groups is 1. The van der Waals surface area contributed by atoms with Gasteiger partial charge in [0.25, 0.3) is 0 Å². The first-order valence-corrected chi connectivity index (χ1v) is 6.98. The van der Waals surface area contributed by atoms with Gasteiger partial charge in [-0.2, -0.15) is 0 Å². The van der Waals surface area contributed by atoms with E-state index in [2.05, 4.69) is 9.88 Å². The molecule has 4 heteroatoms. The van der Waals surface area contributed by atoms with Crippen molar-refractivity contribution in [2.75, 3.05) is 13.1 Å². The van der Waals surface area contributed by atoms with Gasteiger partial charge in [0.15, 0.2) is 0 Å². The molecule has 1 aliphatic carbocycles. The summed E-state index contributed by atoms with van der Waals surface area (Å²) in [5.74, 6) is 1.03. The zero-order chi connectivity index (χ0) is 11.0. The quantitative estimate of drug-likeness (QED) is 0.852. The third-order valence-electron chi connectivity index (χ3n) is 3.96. The first-order valence-electron chi connectivity index (χ1n) is 6.10. The predicted octanol–water partition coefficient (Wildman–Crippen LogP) is 1.74.